The van der Waals surface area contributed by atoms with Crippen LogP contribution in [0.5, 0.6) is 17.2 Å². The minimum absolute atomic E-state index is 0.122. The van der Waals surface area contributed by atoms with Crippen LogP contribution in [0, 0.1) is 0 Å². The second kappa shape index (κ2) is 12.0. The van der Waals surface area contributed by atoms with Crippen molar-refractivity contribution in [1.29, 1.82) is 0 Å². The van der Waals surface area contributed by atoms with Gasteiger partial charge in [-0.3, -0.25) is 14.2 Å². The molecule has 0 radical (unpaired) electrons. The lowest BCUT2D eigenvalue weighted by atomic mass is 10.2. The zero-order chi connectivity index (χ0) is 24.5. The molecular formula is C22H27N5O6S. The quantitative estimate of drug-likeness (QED) is 0.343. The van der Waals surface area contributed by atoms with E-state index in [0.29, 0.717) is 47.0 Å². The number of nitrogens with one attached hydrogen (secondary N) is 1. The first kappa shape index (κ1) is 25.0. The average Bonchev–Trinajstić information content (AvgIpc) is 3.49. The Morgan fingerprint density at radius 2 is 1.88 bits per heavy atom. The number of aryl methyl sites for hydroxylation is 1. The van der Waals surface area contributed by atoms with E-state index in [-0.39, 0.29) is 24.6 Å². The number of amides is 2. The summed E-state index contributed by atoms with van der Waals surface area (Å²) < 4.78 is 23.3. The third kappa shape index (κ3) is 6.44. The van der Waals surface area contributed by atoms with Crippen LogP contribution >= 0.6 is 11.8 Å². The third-order valence-corrected chi connectivity index (χ3v) is 5.80. The number of nitrogens with zero attached hydrogens (tertiary/aromatic N) is 3. The van der Waals surface area contributed by atoms with E-state index in [9.17, 15) is 9.59 Å². The van der Waals surface area contributed by atoms with Crippen LogP contribution in [-0.4, -0.2) is 53.7 Å². The Hall–Kier alpha value is -3.67. The molecule has 0 bridgehead atoms. The first-order valence-corrected chi connectivity index (χ1v) is 11.3. The van der Waals surface area contributed by atoms with Crippen molar-refractivity contribution >= 4 is 23.6 Å². The molecule has 2 heterocycles. The van der Waals surface area contributed by atoms with Crippen LogP contribution in [0.4, 0.5) is 0 Å². The average molecular weight is 490 g/mol. The molecule has 0 aliphatic heterocycles. The molecule has 34 heavy (non-hydrogen) atoms. The molecule has 0 saturated carbocycles. The summed E-state index contributed by atoms with van der Waals surface area (Å²) in [4.78, 5) is 23.7. The Morgan fingerprint density at radius 3 is 2.47 bits per heavy atom. The summed E-state index contributed by atoms with van der Waals surface area (Å²) in [5.74, 6) is 2.31. The predicted molar refractivity (Wildman–Crippen MR) is 124 cm³/mol. The number of benzene rings is 1. The lowest BCUT2D eigenvalue weighted by Crippen LogP contribution is -2.25. The van der Waals surface area contributed by atoms with Gasteiger partial charge in [0, 0.05) is 19.4 Å². The summed E-state index contributed by atoms with van der Waals surface area (Å²) in [5, 5.41) is 11.8. The van der Waals surface area contributed by atoms with E-state index >= 15 is 0 Å². The number of hydrogen-bond acceptors (Lipinski definition) is 9. The summed E-state index contributed by atoms with van der Waals surface area (Å²) in [6, 6.07) is 7.17. The maximum absolute atomic E-state index is 12.5. The van der Waals surface area contributed by atoms with Crippen LogP contribution in [0.2, 0.25) is 0 Å². The molecule has 3 N–H and O–H groups in total. The van der Waals surface area contributed by atoms with Gasteiger partial charge in [0.25, 0.3) is 0 Å². The molecule has 3 aromatic rings. The fourth-order valence-corrected chi connectivity index (χ4v) is 3.97. The number of methoxy groups -OCH3 is 3. The number of carbonyl (C=O) groups excluding carboxylic acids is 2. The van der Waals surface area contributed by atoms with Crippen LogP contribution in [0.15, 0.2) is 40.1 Å². The molecule has 2 amide bonds. The van der Waals surface area contributed by atoms with Crippen molar-refractivity contribution in [2.75, 3.05) is 27.1 Å². The van der Waals surface area contributed by atoms with Gasteiger partial charge in [0.15, 0.2) is 16.7 Å². The number of hydrogen-bond donors (Lipinski definition) is 2. The molecule has 0 atom stereocenters. The Kier molecular flexibility index (Phi) is 8.79. The third-order valence-electron chi connectivity index (χ3n) is 4.83. The van der Waals surface area contributed by atoms with Crippen LogP contribution in [0.25, 0.3) is 0 Å². The van der Waals surface area contributed by atoms with E-state index in [0.717, 1.165) is 5.56 Å². The predicted octanol–water partition coefficient (Wildman–Crippen LogP) is 1.77. The topological polar surface area (TPSA) is 144 Å². The molecule has 1 aromatic carbocycles. The van der Waals surface area contributed by atoms with Gasteiger partial charge in [-0.15, -0.1) is 10.2 Å². The van der Waals surface area contributed by atoms with Crippen molar-refractivity contribution < 1.29 is 28.2 Å². The highest BCUT2D eigenvalue weighted by atomic mass is 32.2. The van der Waals surface area contributed by atoms with Crippen molar-refractivity contribution in [3.05, 3.63) is 47.7 Å². The van der Waals surface area contributed by atoms with Crippen molar-refractivity contribution in [2.24, 2.45) is 5.73 Å². The standard InChI is InChI=1S/C22H27N5O6S/c1-30-16-9-14(10-17(31-2)21(16)32-3)11-24-20(29)13-34-22-26-25-19(7-6-18(23)28)27(22)12-15-5-4-8-33-15/h4-5,8-10H,6-7,11-13H2,1-3H3,(H2,23,28)(H,24,29). The minimum atomic E-state index is -0.423. The van der Waals surface area contributed by atoms with Gasteiger partial charge in [0.2, 0.25) is 17.6 Å². The lowest BCUT2D eigenvalue weighted by Gasteiger charge is -2.14. The minimum Gasteiger partial charge on any atom is -0.493 e. The van der Waals surface area contributed by atoms with E-state index < -0.39 is 5.91 Å². The fraction of sp³-hybridized carbons (Fsp3) is 0.364. The van der Waals surface area contributed by atoms with E-state index in [2.05, 4.69) is 15.5 Å². The highest BCUT2D eigenvalue weighted by Crippen LogP contribution is 2.38. The molecular weight excluding hydrogens is 462 g/mol. The number of rotatable bonds is 13. The normalized spacial score (nSPS) is 10.7. The summed E-state index contributed by atoms with van der Waals surface area (Å²) in [6.45, 7) is 0.655. The molecule has 12 heteroatoms. The van der Waals surface area contributed by atoms with E-state index in [4.69, 9.17) is 24.4 Å². The van der Waals surface area contributed by atoms with Gasteiger partial charge in [-0.25, -0.2) is 0 Å². The Bertz CT molecular complexity index is 1090. The molecule has 0 fully saturated rings. The number of aromatic nitrogens is 3. The van der Waals surface area contributed by atoms with Crippen LogP contribution in [-0.2, 0) is 29.1 Å². The molecule has 0 aliphatic carbocycles. The van der Waals surface area contributed by atoms with E-state index in [1.54, 1.807) is 24.5 Å². The van der Waals surface area contributed by atoms with Gasteiger partial charge in [0.05, 0.1) is 39.9 Å². The number of ether oxygens (including phenoxy) is 3. The van der Waals surface area contributed by atoms with Gasteiger partial charge in [-0.1, -0.05) is 11.8 Å². The van der Waals surface area contributed by atoms with Crippen molar-refractivity contribution in [3.8, 4) is 17.2 Å². The van der Waals surface area contributed by atoms with Crippen molar-refractivity contribution in [2.45, 2.75) is 31.1 Å². The molecule has 0 saturated heterocycles. The zero-order valence-electron chi connectivity index (χ0n) is 19.2. The molecule has 11 nitrogen and oxygen atoms in total. The molecule has 0 unspecified atom stereocenters. The number of carbonyl (C=O) groups is 2. The highest BCUT2D eigenvalue weighted by Gasteiger charge is 2.17. The molecule has 2 aromatic heterocycles. The number of primary amides is 1. The summed E-state index contributed by atoms with van der Waals surface area (Å²) in [5.41, 5.74) is 6.06. The molecule has 0 spiro atoms. The molecule has 0 aliphatic rings. The van der Waals surface area contributed by atoms with Crippen LogP contribution in [0.3, 0.4) is 0 Å². The number of furan rings is 1. The van der Waals surface area contributed by atoms with Gasteiger partial charge >= 0.3 is 0 Å². The van der Waals surface area contributed by atoms with Gasteiger partial charge in [-0.2, -0.15) is 0 Å². The van der Waals surface area contributed by atoms with Gasteiger partial charge in [-0.05, 0) is 29.8 Å². The summed E-state index contributed by atoms with van der Waals surface area (Å²) >= 11 is 1.24. The second-order valence-electron chi connectivity index (χ2n) is 7.13. The number of thioether (sulfide) groups is 1. The zero-order valence-corrected chi connectivity index (χ0v) is 20.0. The Labute approximate surface area is 200 Å². The van der Waals surface area contributed by atoms with Gasteiger partial charge < -0.3 is 29.7 Å². The highest BCUT2D eigenvalue weighted by molar-refractivity contribution is 7.99. The molecule has 3 rings (SSSR count). The maximum atomic E-state index is 12.5. The second-order valence-corrected chi connectivity index (χ2v) is 8.07. The van der Waals surface area contributed by atoms with Crippen molar-refractivity contribution in [3.63, 3.8) is 0 Å². The summed E-state index contributed by atoms with van der Waals surface area (Å²) in [6.07, 6.45) is 2.07. The van der Waals surface area contributed by atoms with Crippen LogP contribution in [0.1, 0.15) is 23.6 Å². The first-order chi connectivity index (χ1) is 16.4. The van der Waals surface area contributed by atoms with E-state index in [1.807, 2.05) is 10.6 Å². The Balaban J connectivity index is 1.64. The lowest BCUT2D eigenvalue weighted by molar-refractivity contribution is -0.119. The monoisotopic (exact) mass is 489 g/mol. The Morgan fingerprint density at radius 1 is 1.15 bits per heavy atom. The smallest absolute Gasteiger partial charge is 0.230 e. The number of nitrogens with two attached hydrogens (primary N) is 1. The maximum Gasteiger partial charge on any atom is 0.230 e. The fourth-order valence-electron chi connectivity index (χ4n) is 3.18. The molecule has 182 valence electrons. The largest absolute Gasteiger partial charge is 0.493 e. The van der Waals surface area contributed by atoms with Crippen molar-refractivity contribution in [1.82, 2.24) is 20.1 Å². The van der Waals surface area contributed by atoms with E-state index in [1.165, 1.54) is 33.1 Å². The van der Waals surface area contributed by atoms with Gasteiger partial charge in [0.1, 0.15) is 11.6 Å². The summed E-state index contributed by atoms with van der Waals surface area (Å²) in [7, 11) is 4.60. The first-order valence-electron chi connectivity index (χ1n) is 10.4. The SMILES string of the molecule is COc1cc(CNC(=O)CSc2nnc(CCC(N)=O)n2Cc2ccco2)cc(OC)c1OC. The van der Waals surface area contributed by atoms with Crippen LogP contribution < -0.4 is 25.3 Å².